The lowest BCUT2D eigenvalue weighted by Gasteiger charge is -2.13. The summed E-state index contributed by atoms with van der Waals surface area (Å²) in [5.74, 6) is -0.938. The monoisotopic (exact) mass is 390 g/mol. The summed E-state index contributed by atoms with van der Waals surface area (Å²) in [6.07, 6.45) is 0.761. The predicted octanol–water partition coefficient (Wildman–Crippen LogP) is 3.52. The van der Waals surface area contributed by atoms with Crippen molar-refractivity contribution in [3.05, 3.63) is 93.2 Å². The van der Waals surface area contributed by atoms with Crippen LogP contribution in [-0.4, -0.2) is 29.2 Å². The SMILES string of the molecule is O=C(NCCc1cccs1)c1ccc2c(c1)C(=O)N(Cc1ccccc1)C2=O. The van der Waals surface area contributed by atoms with Gasteiger partial charge in [-0.15, -0.1) is 11.3 Å². The predicted molar refractivity (Wildman–Crippen MR) is 107 cm³/mol. The molecule has 1 N–H and O–H groups in total. The number of benzene rings is 2. The summed E-state index contributed by atoms with van der Waals surface area (Å²) in [6.45, 7) is 0.735. The van der Waals surface area contributed by atoms with Crippen molar-refractivity contribution in [3.63, 3.8) is 0 Å². The molecule has 0 fully saturated rings. The van der Waals surface area contributed by atoms with Crippen molar-refractivity contribution in [2.75, 3.05) is 6.54 Å². The molecule has 28 heavy (non-hydrogen) atoms. The van der Waals surface area contributed by atoms with Crippen molar-refractivity contribution >= 4 is 29.1 Å². The van der Waals surface area contributed by atoms with Crippen LogP contribution >= 0.6 is 11.3 Å². The molecule has 0 unspecified atom stereocenters. The molecule has 1 aliphatic heterocycles. The van der Waals surface area contributed by atoms with Gasteiger partial charge in [-0.1, -0.05) is 36.4 Å². The number of imide groups is 1. The molecule has 1 aliphatic rings. The molecule has 4 rings (SSSR count). The third-order valence-electron chi connectivity index (χ3n) is 4.65. The minimum atomic E-state index is -0.364. The minimum Gasteiger partial charge on any atom is -0.352 e. The molecule has 0 saturated carbocycles. The van der Waals surface area contributed by atoms with Crippen molar-refractivity contribution in [1.29, 1.82) is 0 Å². The molecule has 0 spiro atoms. The van der Waals surface area contributed by atoms with E-state index in [1.165, 1.54) is 15.8 Å². The van der Waals surface area contributed by atoms with Gasteiger partial charge >= 0.3 is 0 Å². The molecule has 1 aromatic heterocycles. The molecule has 2 heterocycles. The van der Waals surface area contributed by atoms with E-state index < -0.39 is 0 Å². The number of carbonyl (C=O) groups excluding carboxylic acids is 3. The second-order valence-electron chi connectivity index (χ2n) is 6.53. The minimum absolute atomic E-state index is 0.218. The Morgan fingerprint density at radius 3 is 2.46 bits per heavy atom. The number of hydrogen-bond donors (Lipinski definition) is 1. The zero-order chi connectivity index (χ0) is 19.5. The Labute approximate surface area is 166 Å². The molecule has 2 aromatic carbocycles. The van der Waals surface area contributed by atoms with Gasteiger partial charge in [0.15, 0.2) is 0 Å². The molecule has 0 saturated heterocycles. The number of amides is 3. The van der Waals surface area contributed by atoms with Gasteiger partial charge in [0, 0.05) is 17.0 Å². The Morgan fingerprint density at radius 2 is 1.71 bits per heavy atom. The number of rotatable bonds is 6. The number of thiophene rings is 1. The van der Waals surface area contributed by atoms with Crippen LogP contribution in [0.2, 0.25) is 0 Å². The summed E-state index contributed by atoms with van der Waals surface area (Å²) in [5, 5.41) is 4.86. The Kier molecular flexibility index (Phi) is 5.04. The van der Waals surface area contributed by atoms with Gasteiger partial charge in [-0.25, -0.2) is 0 Å². The van der Waals surface area contributed by atoms with Crippen LogP contribution in [0, 0.1) is 0 Å². The molecule has 140 valence electrons. The van der Waals surface area contributed by atoms with Crippen LogP contribution in [-0.2, 0) is 13.0 Å². The van der Waals surface area contributed by atoms with Gasteiger partial charge in [0.25, 0.3) is 17.7 Å². The van der Waals surface area contributed by atoms with Gasteiger partial charge < -0.3 is 5.32 Å². The van der Waals surface area contributed by atoms with Crippen LogP contribution in [0.3, 0.4) is 0 Å². The van der Waals surface area contributed by atoms with Crippen LogP contribution in [0.5, 0.6) is 0 Å². The van der Waals surface area contributed by atoms with Crippen molar-refractivity contribution in [1.82, 2.24) is 10.2 Å². The maximum Gasteiger partial charge on any atom is 0.261 e. The molecule has 0 radical (unpaired) electrons. The Balaban J connectivity index is 1.46. The van der Waals surface area contributed by atoms with E-state index in [-0.39, 0.29) is 29.8 Å². The average molecular weight is 390 g/mol. The van der Waals surface area contributed by atoms with Crippen molar-refractivity contribution < 1.29 is 14.4 Å². The lowest BCUT2D eigenvalue weighted by molar-refractivity contribution is 0.0642. The Morgan fingerprint density at radius 1 is 0.929 bits per heavy atom. The van der Waals surface area contributed by atoms with Crippen molar-refractivity contribution in [3.8, 4) is 0 Å². The van der Waals surface area contributed by atoms with E-state index in [2.05, 4.69) is 5.32 Å². The van der Waals surface area contributed by atoms with Crippen molar-refractivity contribution in [2.24, 2.45) is 0 Å². The quantitative estimate of drug-likeness (QED) is 0.655. The summed E-state index contributed by atoms with van der Waals surface area (Å²) >= 11 is 1.65. The van der Waals surface area contributed by atoms with E-state index >= 15 is 0 Å². The lowest BCUT2D eigenvalue weighted by Crippen LogP contribution is -2.29. The number of hydrogen-bond acceptors (Lipinski definition) is 4. The average Bonchev–Trinajstić information content (AvgIpc) is 3.31. The van der Waals surface area contributed by atoms with Crippen LogP contribution in [0.4, 0.5) is 0 Å². The molecule has 3 amide bonds. The standard InChI is InChI=1S/C22H18N2O3S/c25-20(23-11-10-17-7-4-12-28-17)16-8-9-18-19(13-16)22(27)24(21(18)26)14-15-5-2-1-3-6-15/h1-9,12-13H,10-11,14H2,(H,23,25). The van der Waals surface area contributed by atoms with Crippen molar-refractivity contribution in [2.45, 2.75) is 13.0 Å². The summed E-state index contributed by atoms with van der Waals surface area (Å²) in [4.78, 5) is 40.2. The number of nitrogens with zero attached hydrogens (tertiary/aromatic N) is 1. The first kappa shape index (κ1) is 18.1. The fourth-order valence-corrected chi connectivity index (χ4v) is 3.91. The third kappa shape index (κ3) is 3.59. The van der Waals surface area contributed by atoms with Gasteiger partial charge in [0.1, 0.15) is 0 Å². The molecule has 0 aliphatic carbocycles. The molecular weight excluding hydrogens is 372 g/mol. The maximum atomic E-state index is 12.7. The highest BCUT2D eigenvalue weighted by Gasteiger charge is 2.35. The van der Waals surface area contributed by atoms with E-state index in [0.29, 0.717) is 17.7 Å². The Hall–Kier alpha value is -3.25. The van der Waals surface area contributed by atoms with Crippen LogP contribution in [0.1, 0.15) is 41.5 Å². The molecule has 0 atom stereocenters. The Bertz CT molecular complexity index is 1030. The van der Waals surface area contributed by atoms with Gasteiger partial charge in [-0.2, -0.15) is 0 Å². The van der Waals surface area contributed by atoms with E-state index in [1.807, 2.05) is 47.8 Å². The lowest BCUT2D eigenvalue weighted by atomic mass is 10.1. The summed E-state index contributed by atoms with van der Waals surface area (Å²) in [7, 11) is 0. The second kappa shape index (κ2) is 7.78. The van der Waals surface area contributed by atoms with E-state index in [0.717, 1.165) is 12.0 Å². The van der Waals surface area contributed by atoms with Crippen LogP contribution < -0.4 is 5.32 Å². The highest BCUT2D eigenvalue weighted by Crippen LogP contribution is 2.25. The van der Waals surface area contributed by atoms with Gasteiger partial charge in [0.05, 0.1) is 17.7 Å². The fourth-order valence-electron chi connectivity index (χ4n) is 3.20. The largest absolute Gasteiger partial charge is 0.352 e. The first-order valence-electron chi connectivity index (χ1n) is 8.98. The van der Waals surface area contributed by atoms with Gasteiger partial charge in [-0.3, -0.25) is 19.3 Å². The summed E-state index contributed by atoms with van der Waals surface area (Å²) in [5.41, 5.74) is 1.89. The maximum absolute atomic E-state index is 12.7. The van der Waals surface area contributed by atoms with Crippen LogP contribution in [0.15, 0.2) is 66.0 Å². The third-order valence-corrected chi connectivity index (χ3v) is 5.59. The van der Waals surface area contributed by atoms with Gasteiger partial charge in [-0.05, 0) is 41.6 Å². The highest BCUT2D eigenvalue weighted by molar-refractivity contribution is 7.09. The topological polar surface area (TPSA) is 66.5 Å². The van der Waals surface area contributed by atoms with E-state index in [1.54, 1.807) is 23.5 Å². The zero-order valence-electron chi connectivity index (χ0n) is 15.1. The first-order chi connectivity index (χ1) is 13.6. The second-order valence-corrected chi connectivity index (χ2v) is 7.56. The molecule has 6 heteroatoms. The summed E-state index contributed by atoms with van der Waals surface area (Å²) < 4.78 is 0. The number of carbonyl (C=O) groups is 3. The number of nitrogens with one attached hydrogen (secondary N) is 1. The van der Waals surface area contributed by atoms with Gasteiger partial charge in [0.2, 0.25) is 0 Å². The van der Waals surface area contributed by atoms with E-state index in [4.69, 9.17) is 0 Å². The van der Waals surface area contributed by atoms with E-state index in [9.17, 15) is 14.4 Å². The zero-order valence-corrected chi connectivity index (χ0v) is 15.9. The molecule has 3 aromatic rings. The highest BCUT2D eigenvalue weighted by atomic mass is 32.1. The molecular formula is C22H18N2O3S. The van der Waals surface area contributed by atoms with Crippen LogP contribution in [0.25, 0.3) is 0 Å². The summed E-state index contributed by atoms with van der Waals surface area (Å²) in [6, 6.07) is 18.0. The fraction of sp³-hybridized carbons (Fsp3) is 0.136. The molecule has 0 bridgehead atoms. The smallest absolute Gasteiger partial charge is 0.261 e. The first-order valence-corrected chi connectivity index (χ1v) is 9.86. The number of fused-ring (bicyclic) bond motifs is 1. The molecule has 5 nitrogen and oxygen atoms in total. The normalized spacial score (nSPS) is 12.9.